The molecule has 0 saturated heterocycles. The first-order valence-corrected chi connectivity index (χ1v) is 12.0. The number of aromatic nitrogens is 4. The topological polar surface area (TPSA) is 64.7 Å². The number of nitrogens with zero attached hydrogens (tertiary/aromatic N) is 4. The zero-order valence-corrected chi connectivity index (χ0v) is 19.4. The third kappa shape index (κ3) is 4.56. The van der Waals surface area contributed by atoms with Crippen LogP contribution in [0.15, 0.2) is 54.9 Å². The van der Waals surface area contributed by atoms with Crippen LogP contribution in [0, 0.1) is 13.8 Å². The number of fused-ring (bicyclic) bond motifs is 1. The van der Waals surface area contributed by atoms with Gasteiger partial charge < -0.3 is 9.88 Å². The quantitative estimate of drug-likeness (QED) is 0.425. The fourth-order valence-corrected chi connectivity index (χ4v) is 4.89. The summed E-state index contributed by atoms with van der Waals surface area (Å²) in [5.74, 6) is 0.917. The van der Waals surface area contributed by atoms with Gasteiger partial charge in [-0.1, -0.05) is 37.8 Å². The summed E-state index contributed by atoms with van der Waals surface area (Å²) in [7, 11) is 0. The standard InChI is InChI=1S/C27H31N5O/c1-19-17-20(2)28-25-24(19)26(31-15-7-8-16-31)30-32(25)18-21-11-13-22(14-12-21)27(33)29-23-9-5-3-4-6-10-23/h7-8,11-17,23H,3-6,9-10,18H2,1-2H3,(H,29,33). The number of pyridine rings is 1. The highest BCUT2D eigenvalue weighted by molar-refractivity contribution is 5.94. The molecule has 1 saturated carbocycles. The Kier molecular flexibility index (Phi) is 5.99. The van der Waals surface area contributed by atoms with Crippen LogP contribution in [-0.2, 0) is 6.54 Å². The van der Waals surface area contributed by atoms with Crippen LogP contribution < -0.4 is 5.32 Å². The van der Waals surface area contributed by atoms with Gasteiger partial charge in [-0.2, -0.15) is 5.10 Å². The lowest BCUT2D eigenvalue weighted by atomic mass is 10.1. The Hall–Kier alpha value is -3.41. The van der Waals surface area contributed by atoms with E-state index in [9.17, 15) is 4.79 Å². The summed E-state index contributed by atoms with van der Waals surface area (Å²) in [6.07, 6.45) is 11.2. The predicted octanol–water partition coefficient (Wildman–Crippen LogP) is 5.34. The van der Waals surface area contributed by atoms with Gasteiger partial charge in [0.05, 0.1) is 11.9 Å². The average molecular weight is 442 g/mol. The number of carbonyl (C=O) groups is 1. The molecule has 1 aliphatic carbocycles. The van der Waals surface area contributed by atoms with Gasteiger partial charge in [-0.05, 0) is 68.1 Å². The van der Waals surface area contributed by atoms with Crippen molar-refractivity contribution in [3.63, 3.8) is 0 Å². The third-order valence-electron chi connectivity index (χ3n) is 6.60. The van der Waals surface area contributed by atoms with Crippen molar-refractivity contribution < 1.29 is 4.79 Å². The fraction of sp³-hybridized carbons (Fsp3) is 0.370. The van der Waals surface area contributed by atoms with Crippen molar-refractivity contribution in [2.24, 2.45) is 0 Å². The fourth-order valence-electron chi connectivity index (χ4n) is 4.89. The van der Waals surface area contributed by atoms with Crippen LogP contribution in [0.25, 0.3) is 16.9 Å². The molecule has 0 aliphatic heterocycles. The molecule has 170 valence electrons. The molecule has 0 radical (unpaired) electrons. The average Bonchev–Trinajstić information content (AvgIpc) is 3.37. The summed E-state index contributed by atoms with van der Waals surface area (Å²) < 4.78 is 4.00. The largest absolute Gasteiger partial charge is 0.349 e. The Labute approximate surface area is 194 Å². The Balaban J connectivity index is 1.38. The molecule has 0 atom stereocenters. The van der Waals surface area contributed by atoms with E-state index in [1.807, 2.05) is 65.0 Å². The molecule has 0 spiro atoms. The van der Waals surface area contributed by atoms with E-state index in [-0.39, 0.29) is 5.91 Å². The Morgan fingerprint density at radius 2 is 1.73 bits per heavy atom. The van der Waals surface area contributed by atoms with Gasteiger partial charge >= 0.3 is 0 Å². The van der Waals surface area contributed by atoms with Gasteiger partial charge in [0.15, 0.2) is 11.5 Å². The van der Waals surface area contributed by atoms with Gasteiger partial charge in [-0.25, -0.2) is 9.67 Å². The predicted molar refractivity (Wildman–Crippen MR) is 131 cm³/mol. The SMILES string of the molecule is Cc1cc(C)c2c(-n3cccc3)nn(Cc3ccc(C(=O)NC4CCCCCC4)cc3)c2n1. The van der Waals surface area contributed by atoms with Gasteiger partial charge in [0.1, 0.15) is 0 Å². The monoisotopic (exact) mass is 441 g/mol. The summed E-state index contributed by atoms with van der Waals surface area (Å²) >= 11 is 0. The van der Waals surface area contributed by atoms with Crippen molar-refractivity contribution in [1.82, 2.24) is 24.6 Å². The van der Waals surface area contributed by atoms with Crippen LogP contribution in [0.5, 0.6) is 0 Å². The molecule has 33 heavy (non-hydrogen) atoms. The summed E-state index contributed by atoms with van der Waals surface area (Å²) in [5, 5.41) is 9.21. The lowest BCUT2D eigenvalue weighted by molar-refractivity contribution is 0.0933. The first kappa shape index (κ1) is 21.4. The molecule has 1 aromatic carbocycles. The van der Waals surface area contributed by atoms with Crippen LogP contribution in [0.4, 0.5) is 0 Å². The molecule has 1 aliphatic rings. The van der Waals surface area contributed by atoms with Crippen molar-refractivity contribution in [2.75, 3.05) is 0 Å². The van der Waals surface area contributed by atoms with E-state index in [1.54, 1.807) is 0 Å². The maximum absolute atomic E-state index is 12.7. The minimum Gasteiger partial charge on any atom is -0.349 e. The highest BCUT2D eigenvalue weighted by Gasteiger charge is 2.18. The van der Waals surface area contributed by atoms with Crippen molar-refractivity contribution in [2.45, 2.75) is 65.0 Å². The van der Waals surface area contributed by atoms with Crippen LogP contribution in [0.2, 0.25) is 0 Å². The summed E-state index contributed by atoms with van der Waals surface area (Å²) in [6.45, 7) is 4.72. The lowest BCUT2D eigenvalue weighted by Gasteiger charge is -2.16. The normalized spacial score (nSPS) is 15.0. The molecular weight excluding hydrogens is 410 g/mol. The summed E-state index contributed by atoms with van der Waals surface area (Å²) in [5.41, 5.74) is 4.83. The number of rotatable bonds is 5. The lowest BCUT2D eigenvalue weighted by Crippen LogP contribution is -2.34. The number of hydrogen-bond donors (Lipinski definition) is 1. The van der Waals surface area contributed by atoms with E-state index in [4.69, 9.17) is 10.1 Å². The maximum atomic E-state index is 12.7. The zero-order valence-electron chi connectivity index (χ0n) is 19.4. The van der Waals surface area contributed by atoms with E-state index < -0.39 is 0 Å². The van der Waals surface area contributed by atoms with Gasteiger partial charge in [-0.3, -0.25) is 4.79 Å². The van der Waals surface area contributed by atoms with Crippen molar-refractivity contribution >= 4 is 16.9 Å². The van der Waals surface area contributed by atoms with Gasteiger partial charge in [-0.15, -0.1) is 0 Å². The molecule has 1 N–H and O–H groups in total. The summed E-state index contributed by atoms with van der Waals surface area (Å²) in [6, 6.07) is 14.3. The van der Waals surface area contributed by atoms with Gasteiger partial charge in [0.2, 0.25) is 0 Å². The Morgan fingerprint density at radius 3 is 2.42 bits per heavy atom. The molecule has 5 rings (SSSR count). The smallest absolute Gasteiger partial charge is 0.251 e. The second-order valence-electron chi connectivity index (χ2n) is 9.21. The molecule has 0 unspecified atom stereocenters. The molecule has 1 fully saturated rings. The Morgan fingerprint density at radius 1 is 1.03 bits per heavy atom. The van der Waals surface area contributed by atoms with Crippen LogP contribution in [0.3, 0.4) is 0 Å². The number of benzene rings is 1. The Bertz CT molecular complexity index is 1250. The summed E-state index contributed by atoms with van der Waals surface area (Å²) in [4.78, 5) is 17.5. The molecule has 6 nitrogen and oxygen atoms in total. The first-order valence-electron chi connectivity index (χ1n) is 12.0. The number of amides is 1. The van der Waals surface area contributed by atoms with E-state index in [1.165, 1.54) is 25.7 Å². The molecule has 6 heteroatoms. The molecule has 4 aromatic rings. The van der Waals surface area contributed by atoms with Crippen molar-refractivity contribution in [3.05, 3.63) is 77.2 Å². The molecule has 3 aromatic heterocycles. The van der Waals surface area contributed by atoms with Crippen LogP contribution >= 0.6 is 0 Å². The second-order valence-corrected chi connectivity index (χ2v) is 9.21. The van der Waals surface area contributed by atoms with Gasteiger partial charge in [0, 0.05) is 29.7 Å². The third-order valence-corrected chi connectivity index (χ3v) is 6.60. The zero-order chi connectivity index (χ0) is 22.8. The van der Waals surface area contributed by atoms with E-state index in [0.29, 0.717) is 18.2 Å². The highest BCUT2D eigenvalue weighted by Crippen LogP contribution is 2.26. The van der Waals surface area contributed by atoms with E-state index in [0.717, 1.165) is 46.5 Å². The van der Waals surface area contributed by atoms with E-state index in [2.05, 4.69) is 18.3 Å². The molecular formula is C27H31N5O. The number of aryl methyl sites for hydroxylation is 2. The number of nitrogens with one attached hydrogen (secondary N) is 1. The molecule has 0 bridgehead atoms. The first-order chi connectivity index (χ1) is 16.1. The minimum absolute atomic E-state index is 0.0285. The van der Waals surface area contributed by atoms with Crippen molar-refractivity contribution in [1.29, 1.82) is 0 Å². The number of carbonyl (C=O) groups excluding carboxylic acids is 1. The second kappa shape index (κ2) is 9.22. The highest BCUT2D eigenvalue weighted by atomic mass is 16.1. The van der Waals surface area contributed by atoms with Crippen LogP contribution in [-0.4, -0.2) is 31.3 Å². The molecule has 3 heterocycles. The van der Waals surface area contributed by atoms with Gasteiger partial charge in [0.25, 0.3) is 5.91 Å². The molecule has 1 amide bonds. The number of hydrogen-bond acceptors (Lipinski definition) is 3. The maximum Gasteiger partial charge on any atom is 0.251 e. The van der Waals surface area contributed by atoms with Crippen LogP contribution in [0.1, 0.15) is 65.7 Å². The minimum atomic E-state index is 0.0285. The van der Waals surface area contributed by atoms with E-state index >= 15 is 0 Å². The van der Waals surface area contributed by atoms with Crippen molar-refractivity contribution in [3.8, 4) is 5.82 Å².